The Morgan fingerprint density at radius 3 is 2.37 bits per heavy atom. The summed E-state index contributed by atoms with van der Waals surface area (Å²) in [6.45, 7) is 0. The van der Waals surface area contributed by atoms with Crippen molar-refractivity contribution in [3.8, 4) is 11.5 Å². The van der Waals surface area contributed by atoms with Crippen LogP contribution >= 0.6 is 0 Å². The lowest BCUT2D eigenvalue weighted by Gasteiger charge is -2.22. The van der Waals surface area contributed by atoms with Crippen molar-refractivity contribution >= 4 is 32.2 Å². The molecule has 1 heterocycles. The first kappa shape index (κ1) is 27.0. The van der Waals surface area contributed by atoms with Gasteiger partial charge in [0.05, 0.1) is 24.7 Å². The van der Waals surface area contributed by atoms with Crippen LogP contribution in [0.15, 0.2) is 65.7 Å². The fraction of sp³-hybridized carbons (Fsp3) is 0.192. The normalized spacial score (nSPS) is 12.8. The Morgan fingerprint density at radius 1 is 1.00 bits per heavy atom. The Morgan fingerprint density at radius 2 is 1.74 bits per heavy atom. The zero-order valence-electron chi connectivity index (χ0n) is 20.3. The molecule has 7 nitrogen and oxygen atoms in total. The summed E-state index contributed by atoms with van der Waals surface area (Å²) < 4.78 is 89.0. The molecule has 2 N–H and O–H groups in total. The van der Waals surface area contributed by atoms with E-state index < -0.39 is 39.2 Å². The maximum Gasteiger partial charge on any atom is 0.416 e. The number of nitrogens with one attached hydrogen (secondary N) is 2. The van der Waals surface area contributed by atoms with Crippen molar-refractivity contribution in [1.82, 2.24) is 4.98 Å². The maximum absolute atomic E-state index is 14.0. The predicted molar refractivity (Wildman–Crippen MR) is 133 cm³/mol. The second-order valence-electron chi connectivity index (χ2n) is 8.46. The standard InChI is InChI=1S/C26H22F4N2O5S/c1-36-17-10-16(11-18(12-17)38(3,34)35)32-24(19-6-5-15(27)9-23(19)37-2)25(33)21-13-31-22-7-4-14(8-20(21)22)26(28,29)30/h4-13,24,31-32H,1-3H3/t24-/m1/s1. The minimum absolute atomic E-state index is 0.00194. The van der Waals surface area contributed by atoms with E-state index in [9.17, 15) is 30.8 Å². The van der Waals surface area contributed by atoms with Crippen LogP contribution < -0.4 is 14.8 Å². The third-order valence-corrected chi connectivity index (χ3v) is 6.99. The number of H-pyrrole nitrogens is 1. The van der Waals surface area contributed by atoms with E-state index in [2.05, 4.69) is 10.3 Å². The molecular formula is C26H22F4N2O5S. The number of hydrogen-bond acceptors (Lipinski definition) is 6. The molecule has 4 aromatic rings. The monoisotopic (exact) mass is 550 g/mol. The van der Waals surface area contributed by atoms with E-state index in [1.807, 2.05) is 0 Å². The van der Waals surface area contributed by atoms with Gasteiger partial charge in [-0.3, -0.25) is 4.79 Å². The van der Waals surface area contributed by atoms with Crippen molar-refractivity contribution < 1.29 is 40.2 Å². The van der Waals surface area contributed by atoms with Crippen molar-refractivity contribution in [3.05, 3.63) is 83.3 Å². The molecule has 38 heavy (non-hydrogen) atoms. The summed E-state index contributed by atoms with van der Waals surface area (Å²) in [6.07, 6.45) is -2.35. The Hall–Kier alpha value is -4.06. The van der Waals surface area contributed by atoms with Crippen LogP contribution in [0.3, 0.4) is 0 Å². The molecule has 0 amide bonds. The molecule has 0 radical (unpaired) electrons. The molecule has 200 valence electrons. The van der Waals surface area contributed by atoms with Crippen molar-refractivity contribution in [2.24, 2.45) is 0 Å². The van der Waals surface area contributed by atoms with Crippen molar-refractivity contribution in [2.75, 3.05) is 25.8 Å². The predicted octanol–water partition coefficient (Wildman–Crippen LogP) is 5.78. The number of halogens is 4. The minimum Gasteiger partial charge on any atom is -0.497 e. The summed E-state index contributed by atoms with van der Waals surface area (Å²) >= 11 is 0. The lowest BCUT2D eigenvalue weighted by atomic mass is 9.95. The number of alkyl halides is 3. The smallest absolute Gasteiger partial charge is 0.416 e. The topological polar surface area (TPSA) is 97.5 Å². The number of benzene rings is 3. The summed E-state index contributed by atoms with van der Waals surface area (Å²) in [7, 11) is -1.07. The lowest BCUT2D eigenvalue weighted by Crippen LogP contribution is -2.22. The quantitative estimate of drug-likeness (QED) is 0.213. The Bertz CT molecular complexity index is 1630. The van der Waals surface area contributed by atoms with Crippen LogP contribution in [0.25, 0.3) is 10.9 Å². The number of carbonyl (C=O) groups excluding carboxylic acids is 1. The molecule has 0 spiro atoms. The van der Waals surface area contributed by atoms with Gasteiger partial charge in [0.15, 0.2) is 15.6 Å². The molecule has 1 atom stereocenters. The largest absolute Gasteiger partial charge is 0.497 e. The molecule has 0 bridgehead atoms. The van der Waals surface area contributed by atoms with Crippen LogP contribution in [0.5, 0.6) is 11.5 Å². The van der Waals surface area contributed by atoms with E-state index in [0.29, 0.717) is 5.52 Å². The number of ether oxygens (including phenoxy) is 2. The van der Waals surface area contributed by atoms with Gasteiger partial charge in [-0.25, -0.2) is 12.8 Å². The molecule has 3 aromatic carbocycles. The number of anilines is 1. The number of rotatable bonds is 8. The van der Waals surface area contributed by atoms with Crippen LogP contribution in [0, 0.1) is 5.82 Å². The van der Waals surface area contributed by atoms with E-state index >= 15 is 0 Å². The highest BCUT2D eigenvalue weighted by Gasteiger charge is 2.32. The highest BCUT2D eigenvalue weighted by Crippen LogP contribution is 2.37. The Labute approximate surface area is 215 Å². The first-order valence-corrected chi connectivity index (χ1v) is 12.9. The Balaban J connectivity index is 1.89. The first-order chi connectivity index (χ1) is 17.8. The number of ketones is 1. The van der Waals surface area contributed by atoms with E-state index in [0.717, 1.165) is 30.5 Å². The lowest BCUT2D eigenvalue weighted by molar-refractivity contribution is -0.137. The third-order valence-electron chi connectivity index (χ3n) is 5.90. The van der Waals surface area contributed by atoms with Gasteiger partial charge >= 0.3 is 6.18 Å². The van der Waals surface area contributed by atoms with Gasteiger partial charge in [0.25, 0.3) is 0 Å². The van der Waals surface area contributed by atoms with Gasteiger partial charge in [-0.15, -0.1) is 0 Å². The van der Waals surface area contributed by atoms with Crippen molar-refractivity contribution in [1.29, 1.82) is 0 Å². The first-order valence-electron chi connectivity index (χ1n) is 11.0. The summed E-state index contributed by atoms with van der Waals surface area (Å²) in [5.41, 5.74) is -0.379. The minimum atomic E-state index is -4.63. The molecule has 0 aliphatic heterocycles. The van der Waals surface area contributed by atoms with E-state index in [1.54, 1.807) is 0 Å². The van der Waals surface area contributed by atoms with Crippen LogP contribution in [0.2, 0.25) is 0 Å². The average molecular weight is 551 g/mol. The van der Waals surface area contributed by atoms with Crippen LogP contribution in [-0.4, -0.2) is 39.7 Å². The summed E-state index contributed by atoms with van der Waals surface area (Å²) in [4.78, 5) is 16.6. The molecule has 1 aromatic heterocycles. The number of methoxy groups -OCH3 is 2. The van der Waals surface area contributed by atoms with Gasteiger partial charge in [0.1, 0.15) is 23.4 Å². The van der Waals surface area contributed by atoms with Gasteiger partial charge in [-0.1, -0.05) is 0 Å². The molecule has 0 saturated carbocycles. The third kappa shape index (κ3) is 5.44. The number of carbonyl (C=O) groups is 1. The molecule has 0 aliphatic carbocycles. The molecule has 12 heteroatoms. The highest BCUT2D eigenvalue weighted by atomic mass is 32.2. The van der Waals surface area contributed by atoms with Crippen molar-refractivity contribution in [3.63, 3.8) is 0 Å². The fourth-order valence-corrected chi connectivity index (χ4v) is 4.69. The number of Topliss-reactive ketones (excluding diaryl/α,β-unsaturated/α-hetero) is 1. The average Bonchev–Trinajstić information content (AvgIpc) is 3.29. The second-order valence-corrected chi connectivity index (χ2v) is 10.5. The molecule has 0 fully saturated rings. The van der Waals surface area contributed by atoms with E-state index in [1.165, 1.54) is 50.7 Å². The van der Waals surface area contributed by atoms with Crippen LogP contribution in [-0.2, 0) is 16.0 Å². The molecule has 0 saturated heterocycles. The van der Waals surface area contributed by atoms with E-state index in [4.69, 9.17) is 9.47 Å². The number of sulfone groups is 1. The zero-order chi connectivity index (χ0) is 27.8. The highest BCUT2D eigenvalue weighted by molar-refractivity contribution is 7.90. The number of fused-ring (bicyclic) bond motifs is 1. The van der Waals surface area contributed by atoms with Crippen molar-refractivity contribution in [2.45, 2.75) is 17.1 Å². The molecule has 4 rings (SSSR count). The van der Waals surface area contributed by atoms with Gasteiger partial charge in [-0.2, -0.15) is 13.2 Å². The molecular weight excluding hydrogens is 528 g/mol. The Kier molecular flexibility index (Phi) is 7.11. The number of hydrogen-bond donors (Lipinski definition) is 2. The van der Waals surface area contributed by atoms with Gasteiger partial charge in [-0.05, 0) is 42.5 Å². The van der Waals surface area contributed by atoms with Gasteiger partial charge in [0, 0.05) is 52.3 Å². The van der Waals surface area contributed by atoms with Crippen LogP contribution in [0.4, 0.5) is 23.2 Å². The zero-order valence-corrected chi connectivity index (χ0v) is 21.1. The van der Waals surface area contributed by atoms with Gasteiger partial charge in [0.2, 0.25) is 0 Å². The fourth-order valence-electron chi connectivity index (χ4n) is 4.02. The van der Waals surface area contributed by atoms with Crippen LogP contribution in [0.1, 0.15) is 27.5 Å². The van der Waals surface area contributed by atoms with Gasteiger partial charge < -0.3 is 19.8 Å². The summed E-state index contributed by atoms with van der Waals surface area (Å²) in [5, 5.41) is 2.97. The molecule has 0 unspecified atom stereocenters. The van der Waals surface area contributed by atoms with E-state index in [-0.39, 0.29) is 38.6 Å². The molecule has 0 aliphatic rings. The number of aromatic nitrogens is 1. The SMILES string of the molecule is COc1cc(N[C@@H](C(=O)c2c[nH]c3ccc(C(F)(F)F)cc23)c2ccc(F)cc2OC)cc(S(C)(=O)=O)c1. The summed E-state index contributed by atoms with van der Waals surface area (Å²) in [5.74, 6) is -1.14. The number of aromatic amines is 1. The second kappa shape index (κ2) is 10.0. The maximum atomic E-state index is 14.0. The summed E-state index contributed by atoms with van der Waals surface area (Å²) in [6, 6.07) is 9.15.